The molecule has 0 radical (unpaired) electrons. The quantitative estimate of drug-likeness (QED) is 0.869. The standard InChI is InChI=1S/C12H15FN2O.ClH/c1-14-7-12(16)15-6-5-9-3-2-4-11(13)10(9)8-15;/h2-4,14H,5-8H2,1H3;1H. The number of hydrogen-bond donors (Lipinski definition) is 1. The minimum Gasteiger partial charge on any atom is -0.337 e. The van der Waals surface area contributed by atoms with Crippen molar-refractivity contribution in [3.8, 4) is 0 Å². The molecule has 17 heavy (non-hydrogen) atoms. The Kier molecular flexibility index (Phi) is 4.90. The fourth-order valence-electron chi connectivity index (χ4n) is 2.02. The molecular weight excluding hydrogens is 243 g/mol. The first-order valence-corrected chi connectivity index (χ1v) is 5.41. The van der Waals surface area contributed by atoms with E-state index in [-0.39, 0.29) is 24.1 Å². The molecule has 0 unspecified atom stereocenters. The molecule has 0 atom stereocenters. The number of fused-ring (bicyclic) bond motifs is 1. The van der Waals surface area contributed by atoms with Gasteiger partial charge in [0.1, 0.15) is 5.82 Å². The van der Waals surface area contributed by atoms with Gasteiger partial charge in [-0.25, -0.2) is 4.39 Å². The average molecular weight is 259 g/mol. The van der Waals surface area contributed by atoms with Crippen molar-refractivity contribution in [1.29, 1.82) is 0 Å². The number of carbonyl (C=O) groups excluding carboxylic acids is 1. The molecule has 0 bridgehead atoms. The van der Waals surface area contributed by atoms with E-state index in [1.54, 1.807) is 18.0 Å². The summed E-state index contributed by atoms with van der Waals surface area (Å²) < 4.78 is 13.5. The smallest absolute Gasteiger partial charge is 0.236 e. The lowest BCUT2D eigenvalue weighted by molar-refractivity contribution is -0.131. The van der Waals surface area contributed by atoms with Gasteiger partial charge in [0.05, 0.1) is 6.54 Å². The summed E-state index contributed by atoms with van der Waals surface area (Å²) in [6, 6.07) is 5.10. The van der Waals surface area contributed by atoms with Crippen molar-refractivity contribution in [2.24, 2.45) is 0 Å². The molecule has 0 aliphatic carbocycles. The highest BCUT2D eigenvalue weighted by atomic mass is 35.5. The molecule has 0 saturated carbocycles. The third kappa shape index (κ3) is 2.96. The van der Waals surface area contributed by atoms with E-state index in [4.69, 9.17) is 0 Å². The van der Waals surface area contributed by atoms with Crippen molar-refractivity contribution in [2.45, 2.75) is 13.0 Å². The molecule has 1 N–H and O–H groups in total. The molecule has 1 aromatic carbocycles. The molecule has 1 amide bonds. The highest BCUT2D eigenvalue weighted by Crippen LogP contribution is 2.21. The van der Waals surface area contributed by atoms with E-state index in [1.165, 1.54) is 6.07 Å². The van der Waals surface area contributed by atoms with Crippen molar-refractivity contribution in [2.75, 3.05) is 20.1 Å². The summed E-state index contributed by atoms with van der Waals surface area (Å²) in [5, 5.41) is 2.82. The Labute approximate surface area is 106 Å². The van der Waals surface area contributed by atoms with Crippen molar-refractivity contribution < 1.29 is 9.18 Å². The summed E-state index contributed by atoms with van der Waals surface area (Å²) in [5.74, 6) is -0.184. The zero-order valence-electron chi connectivity index (χ0n) is 9.70. The van der Waals surface area contributed by atoms with Gasteiger partial charge in [-0.15, -0.1) is 12.4 Å². The van der Waals surface area contributed by atoms with Crippen LogP contribution < -0.4 is 5.32 Å². The minimum atomic E-state index is -0.209. The van der Waals surface area contributed by atoms with Crippen LogP contribution in [0.4, 0.5) is 4.39 Å². The summed E-state index contributed by atoms with van der Waals surface area (Å²) in [4.78, 5) is 13.4. The van der Waals surface area contributed by atoms with E-state index in [9.17, 15) is 9.18 Å². The van der Waals surface area contributed by atoms with E-state index < -0.39 is 0 Å². The normalized spacial score (nSPS) is 13.9. The van der Waals surface area contributed by atoms with Crippen LogP contribution in [0.25, 0.3) is 0 Å². The second-order valence-electron chi connectivity index (χ2n) is 3.97. The fraction of sp³-hybridized carbons (Fsp3) is 0.417. The lowest BCUT2D eigenvalue weighted by atomic mass is 9.99. The van der Waals surface area contributed by atoms with Crippen LogP contribution >= 0.6 is 12.4 Å². The van der Waals surface area contributed by atoms with E-state index in [1.807, 2.05) is 6.07 Å². The number of nitrogens with zero attached hydrogens (tertiary/aromatic N) is 1. The molecule has 0 spiro atoms. The summed E-state index contributed by atoms with van der Waals surface area (Å²) in [6.45, 7) is 1.38. The predicted molar refractivity (Wildman–Crippen MR) is 66.7 cm³/mol. The molecule has 1 aromatic rings. The van der Waals surface area contributed by atoms with Gasteiger partial charge in [-0.05, 0) is 25.1 Å². The van der Waals surface area contributed by atoms with Crippen LogP contribution in [0.5, 0.6) is 0 Å². The largest absolute Gasteiger partial charge is 0.337 e. The Morgan fingerprint density at radius 1 is 1.53 bits per heavy atom. The van der Waals surface area contributed by atoms with Crippen LogP contribution in [0.1, 0.15) is 11.1 Å². The Morgan fingerprint density at radius 2 is 2.29 bits per heavy atom. The van der Waals surface area contributed by atoms with Crippen molar-refractivity contribution in [3.05, 3.63) is 35.1 Å². The van der Waals surface area contributed by atoms with Crippen LogP contribution in [0.3, 0.4) is 0 Å². The molecule has 94 valence electrons. The Morgan fingerprint density at radius 3 is 3.00 bits per heavy atom. The number of halogens is 2. The van der Waals surface area contributed by atoms with Gasteiger partial charge >= 0.3 is 0 Å². The molecular formula is C12H16ClFN2O. The number of benzene rings is 1. The molecule has 5 heteroatoms. The summed E-state index contributed by atoms with van der Waals surface area (Å²) in [6.07, 6.45) is 0.739. The van der Waals surface area contributed by atoms with Gasteiger partial charge in [-0.3, -0.25) is 4.79 Å². The predicted octanol–water partition coefficient (Wildman–Crippen LogP) is 1.35. The Balaban J connectivity index is 0.00000144. The van der Waals surface area contributed by atoms with Crippen LogP contribution in [0, 0.1) is 5.82 Å². The molecule has 0 aromatic heterocycles. The third-order valence-corrected chi connectivity index (χ3v) is 2.90. The first-order chi connectivity index (χ1) is 7.72. The van der Waals surface area contributed by atoms with Gasteiger partial charge in [0.25, 0.3) is 0 Å². The van der Waals surface area contributed by atoms with Gasteiger partial charge in [-0.1, -0.05) is 12.1 Å². The first kappa shape index (κ1) is 13.9. The topological polar surface area (TPSA) is 32.3 Å². The first-order valence-electron chi connectivity index (χ1n) is 5.41. The van der Waals surface area contributed by atoms with Crippen molar-refractivity contribution in [1.82, 2.24) is 10.2 Å². The lowest BCUT2D eigenvalue weighted by Gasteiger charge is -2.29. The van der Waals surface area contributed by atoms with Crippen LogP contribution in [-0.2, 0) is 17.8 Å². The molecule has 1 aliphatic heterocycles. The maximum atomic E-state index is 13.5. The number of nitrogens with one attached hydrogen (secondary N) is 1. The zero-order chi connectivity index (χ0) is 11.5. The Hall–Kier alpha value is -1.13. The molecule has 1 heterocycles. The highest BCUT2D eigenvalue weighted by Gasteiger charge is 2.21. The van der Waals surface area contributed by atoms with E-state index >= 15 is 0 Å². The number of carbonyl (C=O) groups is 1. The summed E-state index contributed by atoms with van der Waals surface area (Å²) in [7, 11) is 1.73. The second-order valence-corrected chi connectivity index (χ2v) is 3.97. The van der Waals surface area contributed by atoms with E-state index in [0.717, 1.165) is 12.0 Å². The van der Waals surface area contributed by atoms with Crippen LogP contribution in [-0.4, -0.2) is 30.9 Å². The second kappa shape index (κ2) is 5.98. The number of rotatable bonds is 2. The fourth-order valence-corrected chi connectivity index (χ4v) is 2.02. The molecule has 3 nitrogen and oxygen atoms in total. The van der Waals surface area contributed by atoms with Crippen molar-refractivity contribution in [3.63, 3.8) is 0 Å². The third-order valence-electron chi connectivity index (χ3n) is 2.90. The van der Waals surface area contributed by atoms with Crippen LogP contribution in [0.15, 0.2) is 18.2 Å². The average Bonchev–Trinajstić information content (AvgIpc) is 2.29. The highest BCUT2D eigenvalue weighted by molar-refractivity contribution is 5.85. The molecule has 0 fully saturated rings. The van der Waals surface area contributed by atoms with E-state index in [0.29, 0.717) is 25.2 Å². The van der Waals surface area contributed by atoms with Gasteiger partial charge in [0.15, 0.2) is 0 Å². The van der Waals surface area contributed by atoms with Gasteiger partial charge in [-0.2, -0.15) is 0 Å². The Bertz CT molecular complexity index is 411. The van der Waals surface area contributed by atoms with E-state index in [2.05, 4.69) is 5.32 Å². The number of likely N-dealkylation sites (N-methyl/N-ethyl adjacent to an activating group) is 1. The SMILES string of the molecule is CNCC(=O)N1CCc2cccc(F)c2C1.Cl. The molecule has 2 rings (SSSR count). The summed E-state index contributed by atoms with van der Waals surface area (Å²) in [5.41, 5.74) is 1.69. The zero-order valence-corrected chi connectivity index (χ0v) is 10.5. The maximum absolute atomic E-state index is 13.5. The summed E-state index contributed by atoms with van der Waals surface area (Å²) >= 11 is 0. The monoisotopic (exact) mass is 258 g/mol. The minimum absolute atomic E-state index is 0. The molecule has 1 aliphatic rings. The van der Waals surface area contributed by atoms with Gasteiger partial charge < -0.3 is 10.2 Å². The van der Waals surface area contributed by atoms with Gasteiger partial charge in [0, 0.05) is 18.7 Å². The van der Waals surface area contributed by atoms with Crippen molar-refractivity contribution >= 4 is 18.3 Å². The lowest BCUT2D eigenvalue weighted by Crippen LogP contribution is -2.40. The van der Waals surface area contributed by atoms with Crippen LogP contribution in [0.2, 0.25) is 0 Å². The molecule has 0 saturated heterocycles. The maximum Gasteiger partial charge on any atom is 0.236 e. The number of amides is 1. The number of hydrogen-bond acceptors (Lipinski definition) is 2. The van der Waals surface area contributed by atoms with Gasteiger partial charge in [0.2, 0.25) is 5.91 Å².